The molecule has 1 unspecified atom stereocenters. The number of nitrogens with zero attached hydrogens (tertiary/aromatic N) is 3. The highest BCUT2D eigenvalue weighted by atomic mass is 32.3. The fraction of sp³-hybridized carbons (Fsp3) is 0.435. The van der Waals surface area contributed by atoms with Crippen molar-refractivity contribution in [2.75, 3.05) is 24.5 Å². The smallest absolute Gasteiger partial charge is 0.240 e. The van der Waals surface area contributed by atoms with Crippen molar-refractivity contribution in [1.29, 1.82) is 0 Å². The van der Waals surface area contributed by atoms with Gasteiger partial charge in [0.1, 0.15) is 17.0 Å². The van der Waals surface area contributed by atoms with Gasteiger partial charge in [-0.1, -0.05) is 27.6 Å². The van der Waals surface area contributed by atoms with E-state index in [-0.39, 0.29) is 10.5 Å². The van der Waals surface area contributed by atoms with E-state index in [0.717, 1.165) is 30.9 Å². The number of hydrogen-bond donors (Lipinski definition) is 0. The van der Waals surface area contributed by atoms with Crippen molar-refractivity contribution >= 4 is 27.4 Å². The Balaban J connectivity index is 1.36. The molecule has 170 valence electrons. The summed E-state index contributed by atoms with van der Waals surface area (Å²) in [4.78, 5) is 3.89. The average Bonchev–Trinajstić information content (AvgIpc) is 3.38. The van der Waals surface area contributed by atoms with Crippen molar-refractivity contribution < 1.29 is 18.0 Å². The molecule has 32 heavy (non-hydrogen) atoms. The molecule has 0 radical (unpaired) electrons. The predicted octanol–water partition coefficient (Wildman–Crippen LogP) is 4.58. The van der Waals surface area contributed by atoms with Gasteiger partial charge in [0.05, 0.1) is 12.2 Å². The number of thiophene rings is 1. The number of fused-ring (bicyclic) bond motifs is 1. The second kappa shape index (κ2) is 8.30. The molecule has 0 N–H and O–H groups in total. The fourth-order valence-electron chi connectivity index (χ4n) is 4.76. The van der Waals surface area contributed by atoms with Crippen LogP contribution >= 0.6 is 11.3 Å². The normalized spacial score (nSPS) is 20.4. The van der Waals surface area contributed by atoms with Gasteiger partial charge in [-0.15, -0.1) is 15.6 Å². The standard InChI is InChI=1S/C23H27N3O4S2/c1-17-22(18(2)30-24-17)32(27,28)26-13-10-23(11-14-26)9-12-25(16-19-6-5-15-31-19)20-7-3-4-8-21(20)29-23/h3-8,15H,9-14,16H2,1-2H3. The number of anilines is 1. The summed E-state index contributed by atoms with van der Waals surface area (Å²) in [5.41, 5.74) is 1.14. The Kier molecular flexibility index (Phi) is 5.61. The van der Waals surface area contributed by atoms with Crippen molar-refractivity contribution in [3.05, 3.63) is 58.1 Å². The third-order valence-corrected chi connectivity index (χ3v) is 9.50. The number of benzene rings is 1. The van der Waals surface area contributed by atoms with Crippen molar-refractivity contribution in [2.24, 2.45) is 0 Å². The lowest BCUT2D eigenvalue weighted by atomic mass is 9.88. The van der Waals surface area contributed by atoms with Gasteiger partial charge in [0.15, 0.2) is 16.2 Å². The molecule has 5 rings (SSSR count). The summed E-state index contributed by atoms with van der Waals surface area (Å²) < 4.78 is 39.8. The van der Waals surface area contributed by atoms with Gasteiger partial charge in [0, 0.05) is 50.7 Å². The van der Waals surface area contributed by atoms with Crippen molar-refractivity contribution in [1.82, 2.24) is 9.46 Å². The van der Waals surface area contributed by atoms with E-state index < -0.39 is 10.4 Å². The molecule has 1 atom stereocenters. The molecule has 0 amide bonds. The maximum atomic E-state index is 13.2. The lowest BCUT2D eigenvalue weighted by Crippen LogP contribution is -2.51. The zero-order valence-corrected chi connectivity index (χ0v) is 19.9. The molecule has 1 spiro atoms. The molecule has 3 aromatic rings. The summed E-state index contributed by atoms with van der Waals surface area (Å²) in [6, 6.07) is 12.4. The molecule has 2 aliphatic rings. The van der Waals surface area contributed by atoms with Gasteiger partial charge in [-0.2, -0.15) is 0 Å². The van der Waals surface area contributed by atoms with Crippen LogP contribution in [-0.4, -0.2) is 39.2 Å². The Morgan fingerprint density at radius 1 is 1.12 bits per heavy atom. The summed E-state index contributed by atoms with van der Waals surface area (Å²) in [7, 11) is -3.64. The highest BCUT2D eigenvalue weighted by Gasteiger charge is 2.46. The molecular weight excluding hydrogens is 446 g/mol. The molecule has 9 heteroatoms. The number of hydrogen-bond acceptors (Lipinski definition) is 7. The highest BCUT2D eigenvalue weighted by molar-refractivity contribution is 7.95. The molecule has 1 aromatic carbocycles. The van der Waals surface area contributed by atoms with Crippen LogP contribution in [0.4, 0.5) is 5.69 Å². The molecule has 0 bridgehead atoms. The maximum absolute atomic E-state index is 13.2. The summed E-state index contributed by atoms with van der Waals surface area (Å²) in [6.07, 6.45) is 2.15. The summed E-state index contributed by atoms with van der Waals surface area (Å²) in [5, 5.41) is 5.93. The fourth-order valence-corrected chi connectivity index (χ4v) is 7.21. The number of para-hydroxylation sites is 2. The number of aryl methyl sites for hydroxylation is 2. The number of aromatic nitrogens is 1. The van der Waals surface area contributed by atoms with Crippen LogP contribution in [0.1, 0.15) is 35.6 Å². The first-order valence-electron chi connectivity index (χ1n) is 10.9. The first-order valence-corrected chi connectivity index (χ1v) is 13.2. The zero-order chi connectivity index (χ0) is 22.3. The lowest BCUT2D eigenvalue weighted by molar-refractivity contribution is 0.0167. The Morgan fingerprint density at radius 3 is 2.56 bits per heavy atom. The van der Waals surface area contributed by atoms with Gasteiger partial charge in [0.25, 0.3) is 0 Å². The van der Waals surface area contributed by atoms with Gasteiger partial charge in [-0.25, -0.2) is 0 Å². The summed E-state index contributed by atoms with van der Waals surface area (Å²) in [6.45, 7) is 5.86. The SMILES string of the molecule is Cc1noc(C)c1[S+](=O)([O-])N1CCC2(CCN(Cc3cccs3)c3ccccc3O2)CC1. The van der Waals surface area contributed by atoms with Gasteiger partial charge in [0.2, 0.25) is 4.90 Å². The Hall–Kier alpha value is -2.20. The molecular formula is C23H27N3O4S2. The zero-order valence-electron chi connectivity index (χ0n) is 18.3. The number of rotatable bonds is 4. The van der Waals surface area contributed by atoms with Crippen molar-refractivity contribution in [3.63, 3.8) is 0 Å². The first-order chi connectivity index (χ1) is 15.4. The van der Waals surface area contributed by atoms with E-state index in [2.05, 4.69) is 33.6 Å². The highest BCUT2D eigenvalue weighted by Crippen LogP contribution is 2.42. The van der Waals surface area contributed by atoms with Crippen LogP contribution in [0.15, 0.2) is 51.2 Å². The molecule has 7 nitrogen and oxygen atoms in total. The van der Waals surface area contributed by atoms with Crippen LogP contribution < -0.4 is 9.64 Å². The van der Waals surface area contributed by atoms with Crippen molar-refractivity contribution in [2.45, 2.75) is 50.2 Å². The third kappa shape index (κ3) is 3.87. The van der Waals surface area contributed by atoms with E-state index in [1.807, 2.05) is 18.2 Å². The Morgan fingerprint density at radius 2 is 1.88 bits per heavy atom. The summed E-state index contributed by atoms with van der Waals surface area (Å²) >= 11 is 1.76. The number of ether oxygens (including phenoxy) is 1. The molecule has 0 aliphatic carbocycles. The van der Waals surface area contributed by atoms with Crippen LogP contribution in [0.5, 0.6) is 5.75 Å². The largest absolute Gasteiger partial charge is 0.593 e. The van der Waals surface area contributed by atoms with Gasteiger partial charge in [-0.3, -0.25) is 0 Å². The van der Waals surface area contributed by atoms with E-state index in [1.54, 1.807) is 29.5 Å². The number of sulfonamides is 1. The average molecular weight is 474 g/mol. The monoisotopic (exact) mass is 473 g/mol. The maximum Gasteiger partial charge on any atom is 0.240 e. The van der Waals surface area contributed by atoms with Gasteiger partial charge >= 0.3 is 0 Å². The topological polar surface area (TPSA) is 81.9 Å². The van der Waals surface area contributed by atoms with E-state index in [9.17, 15) is 8.76 Å². The predicted molar refractivity (Wildman–Crippen MR) is 124 cm³/mol. The third-order valence-electron chi connectivity index (χ3n) is 6.50. The first kappa shape index (κ1) is 21.6. The second-order valence-electron chi connectivity index (χ2n) is 8.56. The Labute approximate surface area is 193 Å². The van der Waals surface area contributed by atoms with Gasteiger partial charge in [-0.05, 0) is 30.5 Å². The quantitative estimate of drug-likeness (QED) is 0.516. The molecule has 1 saturated heterocycles. The lowest BCUT2D eigenvalue weighted by Gasteiger charge is -2.41. The summed E-state index contributed by atoms with van der Waals surface area (Å²) in [5.74, 6) is 1.22. The molecule has 0 saturated carbocycles. The second-order valence-corrected chi connectivity index (χ2v) is 11.5. The Bertz CT molecular complexity index is 1120. The van der Waals surface area contributed by atoms with E-state index >= 15 is 0 Å². The minimum atomic E-state index is -3.64. The van der Waals surface area contributed by atoms with Crippen LogP contribution in [0, 0.1) is 13.8 Å². The van der Waals surface area contributed by atoms with E-state index in [0.29, 0.717) is 37.4 Å². The van der Waals surface area contributed by atoms with Gasteiger partial charge < -0.3 is 18.7 Å². The minimum absolute atomic E-state index is 0.197. The van der Waals surface area contributed by atoms with E-state index in [1.165, 1.54) is 4.88 Å². The van der Waals surface area contributed by atoms with Crippen LogP contribution in [0.3, 0.4) is 0 Å². The molecule has 2 aromatic heterocycles. The van der Waals surface area contributed by atoms with Crippen LogP contribution in [-0.2, 0) is 21.2 Å². The molecule has 4 heterocycles. The minimum Gasteiger partial charge on any atom is -0.593 e. The van der Waals surface area contributed by atoms with Crippen molar-refractivity contribution in [3.8, 4) is 5.75 Å². The van der Waals surface area contributed by atoms with Crippen LogP contribution in [0.2, 0.25) is 0 Å². The molecule has 1 fully saturated rings. The van der Waals surface area contributed by atoms with Crippen LogP contribution in [0.25, 0.3) is 0 Å². The van der Waals surface area contributed by atoms with E-state index in [4.69, 9.17) is 9.26 Å². The number of piperidine rings is 1. The molecule has 2 aliphatic heterocycles.